The fourth-order valence-electron chi connectivity index (χ4n) is 0.984. The number of hydrogen-bond acceptors (Lipinski definition) is 2. The van der Waals surface area contributed by atoms with Gasteiger partial charge in [0.1, 0.15) is 0 Å². The van der Waals surface area contributed by atoms with Gasteiger partial charge in [-0.25, -0.2) is 0 Å². The Morgan fingerprint density at radius 3 is 2.12 bits per heavy atom. The molecule has 3 N–H and O–H groups in total. The van der Waals surface area contributed by atoms with Crippen molar-refractivity contribution in [2.75, 3.05) is 5.32 Å². The molecule has 4 nitrogen and oxygen atoms in total. The molecular weight excluding hydrogens is 420 g/mol. The zero-order chi connectivity index (χ0) is 13.0. The van der Waals surface area contributed by atoms with E-state index in [9.17, 15) is 9.59 Å². The van der Waals surface area contributed by atoms with E-state index < -0.39 is 11.8 Å². The van der Waals surface area contributed by atoms with Gasteiger partial charge in [-0.05, 0) is 44.0 Å². The maximum atomic E-state index is 11.4. The highest BCUT2D eigenvalue weighted by atomic mass is 79.9. The van der Waals surface area contributed by atoms with Gasteiger partial charge in [0, 0.05) is 25.6 Å². The zero-order valence-corrected chi connectivity index (χ0v) is 13.1. The van der Waals surface area contributed by atoms with E-state index in [0.717, 1.165) is 16.6 Å². The molecule has 0 heterocycles. The lowest BCUT2D eigenvalue weighted by molar-refractivity contribution is -0.115. The number of nitrogens with two attached hydrogens (primary N) is 1. The van der Waals surface area contributed by atoms with E-state index in [2.05, 4.69) is 53.1 Å². The van der Waals surface area contributed by atoms with Gasteiger partial charge in [-0.1, -0.05) is 15.9 Å². The third-order valence-corrected chi connectivity index (χ3v) is 3.36. The highest BCUT2D eigenvalue weighted by Crippen LogP contribution is 2.34. The average molecular weight is 427 g/mol. The Balaban J connectivity index is 2.89. The van der Waals surface area contributed by atoms with E-state index in [-0.39, 0.29) is 0 Å². The molecule has 90 valence electrons. The van der Waals surface area contributed by atoms with Gasteiger partial charge in [0.2, 0.25) is 11.8 Å². The first-order valence-corrected chi connectivity index (χ1v) is 6.71. The molecule has 0 bridgehead atoms. The molecule has 17 heavy (non-hydrogen) atoms. The molecule has 0 atom stereocenters. The lowest BCUT2D eigenvalue weighted by atomic mass is 10.3. The molecule has 1 aromatic carbocycles. The topological polar surface area (TPSA) is 72.2 Å². The average Bonchev–Trinajstić information content (AvgIpc) is 2.20. The number of nitrogens with one attached hydrogen (secondary N) is 1. The van der Waals surface area contributed by atoms with Gasteiger partial charge in [0.15, 0.2) is 0 Å². The number of benzene rings is 1. The third-order valence-electron chi connectivity index (χ3n) is 1.65. The van der Waals surface area contributed by atoms with E-state index in [1.165, 1.54) is 0 Å². The Bertz CT molecular complexity index is 477. The Morgan fingerprint density at radius 2 is 1.65 bits per heavy atom. The number of rotatable bonds is 3. The number of anilines is 1. The molecule has 2 amide bonds. The summed E-state index contributed by atoms with van der Waals surface area (Å²) in [7, 11) is 0. The van der Waals surface area contributed by atoms with Gasteiger partial charge in [-0.15, -0.1) is 0 Å². The molecule has 1 aromatic rings. The van der Waals surface area contributed by atoms with Crippen LogP contribution in [0.2, 0.25) is 0 Å². The van der Waals surface area contributed by atoms with Crippen LogP contribution in [0.5, 0.6) is 0 Å². The van der Waals surface area contributed by atoms with Crippen LogP contribution in [-0.2, 0) is 9.59 Å². The number of carbonyl (C=O) groups excluding carboxylic acids is 2. The van der Waals surface area contributed by atoms with Crippen molar-refractivity contribution >= 4 is 65.3 Å². The standard InChI is InChI=1S/C10H7Br3N2O2/c11-5-3-6(12)10(7(13)4-5)15-9(17)2-1-8(14)16/h1-4H,(H2,14,16)(H,15,17)/b2-1-. The van der Waals surface area contributed by atoms with Crippen LogP contribution in [0.3, 0.4) is 0 Å². The molecule has 0 fully saturated rings. The number of halogens is 3. The van der Waals surface area contributed by atoms with Crippen molar-refractivity contribution in [1.82, 2.24) is 0 Å². The SMILES string of the molecule is NC(=O)/C=C\C(=O)Nc1c(Br)cc(Br)cc1Br. The molecule has 0 aliphatic carbocycles. The van der Waals surface area contributed by atoms with Gasteiger partial charge in [0.05, 0.1) is 5.69 Å². The lowest BCUT2D eigenvalue weighted by Crippen LogP contribution is -2.12. The van der Waals surface area contributed by atoms with Crippen LogP contribution in [-0.4, -0.2) is 11.8 Å². The summed E-state index contributed by atoms with van der Waals surface area (Å²) >= 11 is 9.95. The van der Waals surface area contributed by atoms with Gasteiger partial charge in [-0.3, -0.25) is 9.59 Å². The Hall–Kier alpha value is -0.660. The fraction of sp³-hybridized carbons (Fsp3) is 0. The van der Waals surface area contributed by atoms with Crippen LogP contribution in [0.1, 0.15) is 0 Å². The van der Waals surface area contributed by atoms with Crippen LogP contribution in [0, 0.1) is 0 Å². The molecule has 7 heteroatoms. The first kappa shape index (κ1) is 14.4. The number of carbonyl (C=O) groups is 2. The fourth-order valence-corrected chi connectivity index (χ4v) is 3.44. The second-order valence-electron chi connectivity index (χ2n) is 2.97. The summed E-state index contributed by atoms with van der Waals surface area (Å²) in [6, 6.07) is 3.58. The van der Waals surface area contributed by atoms with Crippen LogP contribution in [0.15, 0.2) is 37.7 Å². The molecule has 0 aliphatic heterocycles. The van der Waals surface area contributed by atoms with Crippen molar-refractivity contribution in [3.63, 3.8) is 0 Å². The Morgan fingerprint density at radius 1 is 1.12 bits per heavy atom. The van der Waals surface area contributed by atoms with Gasteiger partial charge >= 0.3 is 0 Å². The van der Waals surface area contributed by atoms with E-state index in [0.29, 0.717) is 14.6 Å². The van der Waals surface area contributed by atoms with E-state index in [1.54, 1.807) is 12.1 Å². The maximum Gasteiger partial charge on any atom is 0.248 e. The first-order valence-electron chi connectivity index (χ1n) is 4.33. The van der Waals surface area contributed by atoms with E-state index in [1.807, 2.05) is 0 Å². The molecule has 0 saturated carbocycles. The molecule has 0 unspecified atom stereocenters. The van der Waals surface area contributed by atoms with Crippen molar-refractivity contribution < 1.29 is 9.59 Å². The van der Waals surface area contributed by atoms with Crippen molar-refractivity contribution in [2.45, 2.75) is 0 Å². The van der Waals surface area contributed by atoms with Crippen molar-refractivity contribution in [2.24, 2.45) is 5.73 Å². The Labute approximate surface area is 123 Å². The predicted octanol–water partition coefficient (Wildman–Crippen LogP) is 2.95. The number of hydrogen-bond donors (Lipinski definition) is 2. The van der Waals surface area contributed by atoms with Crippen molar-refractivity contribution in [1.29, 1.82) is 0 Å². The number of primary amides is 1. The molecular formula is C10H7Br3N2O2. The van der Waals surface area contributed by atoms with E-state index in [4.69, 9.17) is 5.73 Å². The van der Waals surface area contributed by atoms with Crippen LogP contribution in [0.25, 0.3) is 0 Å². The summed E-state index contributed by atoms with van der Waals surface area (Å²) in [5.41, 5.74) is 5.46. The summed E-state index contributed by atoms with van der Waals surface area (Å²) in [5.74, 6) is -1.11. The minimum atomic E-state index is -0.672. The summed E-state index contributed by atoms with van der Waals surface area (Å²) in [6.07, 6.45) is 2.07. The van der Waals surface area contributed by atoms with Gasteiger partial charge in [-0.2, -0.15) is 0 Å². The van der Waals surface area contributed by atoms with Gasteiger partial charge in [0.25, 0.3) is 0 Å². The monoisotopic (exact) mass is 424 g/mol. The summed E-state index contributed by atoms with van der Waals surface area (Å²) < 4.78 is 2.28. The van der Waals surface area contributed by atoms with Crippen molar-refractivity contribution in [3.05, 3.63) is 37.7 Å². The smallest absolute Gasteiger partial charge is 0.248 e. The maximum absolute atomic E-state index is 11.4. The van der Waals surface area contributed by atoms with Gasteiger partial charge < -0.3 is 11.1 Å². The molecule has 0 aromatic heterocycles. The summed E-state index contributed by atoms with van der Waals surface area (Å²) in [4.78, 5) is 21.9. The second-order valence-corrected chi connectivity index (χ2v) is 5.59. The van der Waals surface area contributed by atoms with Crippen molar-refractivity contribution in [3.8, 4) is 0 Å². The minimum Gasteiger partial charge on any atom is -0.366 e. The largest absolute Gasteiger partial charge is 0.366 e. The Kier molecular flexibility index (Phi) is 5.35. The lowest BCUT2D eigenvalue weighted by Gasteiger charge is -2.08. The minimum absolute atomic E-state index is 0.437. The first-order chi connectivity index (χ1) is 7.90. The van der Waals surface area contributed by atoms with Crippen LogP contribution in [0.4, 0.5) is 5.69 Å². The van der Waals surface area contributed by atoms with Crippen LogP contribution < -0.4 is 11.1 Å². The predicted molar refractivity (Wildman–Crippen MR) is 76.5 cm³/mol. The summed E-state index contributed by atoms with van der Waals surface area (Å²) in [6.45, 7) is 0. The second kappa shape index (κ2) is 6.32. The molecule has 1 rings (SSSR count). The number of amides is 2. The third kappa shape index (κ3) is 4.61. The molecule has 0 radical (unpaired) electrons. The molecule has 0 aliphatic rings. The van der Waals surface area contributed by atoms with E-state index >= 15 is 0 Å². The molecule has 0 saturated heterocycles. The quantitative estimate of drug-likeness (QED) is 0.729. The summed E-state index contributed by atoms with van der Waals surface area (Å²) in [5, 5.41) is 2.61. The zero-order valence-electron chi connectivity index (χ0n) is 8.34. The molecule has 0 spiro atoms. The normalized spacial score (nSPS) is 10.5. The highest BCUT2D eigenvalue weighted by Gasteiger charge is 2.08. The van der Waals surface area contributed by atoms with Crippen LogP contribution >= 0.6 is 47.8 Å². The highest BCUT2D eigenvalue weighted by molar-refractivity contribution is 9.11.